The first-order valence-electron chi connectivity index (χ1n) is 5.93. The molecule has 5 nitrogen and oxygen atoms in total. The fourth-order valence-corrected chi connectivity index (χ4v) is 1.78. The maximum atomic E-state index is 6.03. The highest BCUT2D eigenvalue weighted by atomic mass is 16.5. The summed E-state index contributed by atoms with van der Waals surface area (Å²) in [5, 5.41) is 0. The highest BCUT2D eigenvalue weighted by molar-refractivity contribution is 5.74. The van der Waals surface area contributed by atoms with Crippen LogP contribution in [0, 0.1) is 0 Å². The quantitative estimate of drug-likeness (QED) is 0.796. The summed E-state index contributed by atoms with van der Waals surface area (Å²) in [6.45, 7) is 0.696. The van der Waals surface area contributed by atoms with Gasteiger partial charge in [-0.2, -0.15) is 0 Å². The molecule has 0 saturated carbocycles. The Morgan fingerprint density at radius 3 is 2.94 bits per heavy atom. The molecule has 5 heteroatoms. The predicted molar refractivity (Wildman–Crippen MR) is 68.6 cm³/mol. The Morgan fingerprint density at radius 1 is 1.39 bits per heavy atom. The minimum absolute atomic E-state index is 0.196. The highest BCUT2D eigenvalue weighted by Crippen LogP contribution is 2.24. The van der Waals surface area contributed by atoms with Crippen molar-refractivity contribution in [2.75, 3.05) is 20.8 Å². The summed E-state index contributed by atoms with van der Waals surface area (Å²) in [6, 6.07) is 5.33. The van der Waals surface area contributed by atoms with Crippen molar-refractivity contribution in [3.8, 4) is 5.75 Å². The van der Waals surface area contributed by atoms with Gasteiger partial charge in [0.1, 0.15) is 11.3 Å². The number of nitrogens with two attached hydrogens (primary N) is 1. The van der Waals surface area contributed by atoms with E-state index in [4.69, 9.17) is 19.6 Å². The van der Waals surface area contributed by atoms with Gasteiger partial charge in [-0.15, -0.1) is 0 Å². The normalized spacial score (nSPS) is 12.8. The number of aromatic nitrogens is 1. The molecule has 18 heavy (non-hydrogen) atoms. The summed E-state index contributed by atoms with van der Waals surface area (Å²) >= 11 is 0. The lowest BCUT2D eigenvalue weighted by Crippen LogP contribution is -2.11. The zero-order valence-electron chi connectivity index (χ0n) is 10.7. The van der Waals surface area contributed by atoms with Gasteiger partial charge in [-0.25, -0.2) is 4.98 Å². The van der Waals surface area contributed by atoms with Crippen LogP contribution in [0.1, 0.15) is 24.8 Å². The van der Waals surface area contributed by atoms with Crippen LogP contribution in [-0.4, -0.2) is 25.8 Å². The number of hydrogen-bond donors (Lipinski definition) is 1. The second-order valence-electron chi connectivity index (χ2n) is 4.13. The number of benzene rings is 1. The van der Waals surface area contributed by atoms with Crippen molar-refractivity contribution >= 4 is 11.1 Å². The van der Waals surface area contributed by atoms with Gasteiger partial charge in [0.05, 0.1) is 13.2 Å². The molecule has 1 unspecified atom stereocenters. The van der Waals surface area contributed by atoms with E-state index in [0.717, 1.165) is 24.1 Å². The van der Waals surface area contributed by atoms with Gasteiger partial charge < -0.3 is 19.6 Å². The van der Waals surface area contributed by atoms with Crippen molar-refractivity contribution in [1.82, 2.24) is 4.98 Å². The molecule has 0 aliphatic carbocycles. The van der Waals surface area contributed by atoms with Gasteiger partial charge in [0.25, 0.3) is 0 Å². The number of fused-ring (bicyclic) bond motifs is 1. The van der Waals surface area contributed by atoms with E-state index in [0.29, 0.717) is 18.1 Å². The van der Waals surface area contributed by atoms with Gasteiger partial charge in [-0.3, -0.25) is 0 Å². The average Bonchev–Trinajstić information content (AvgIpc) is 2.81. The van der Waals surface area contributed by atoms with Gasteiger partial charge in [-0.05, 0) is 25.0 Å². The molecule has 2 rings (SSSR count). The topological polar surface area (TPSA) is 70.5 Å². The number of oxazole rings is 1. The Bertz CT molecular complexity index is 510. The van der Waals surface area contributed by atoms with E-state index in [1.165, 1.54) is 0 Å². The van der Waals surface area contributed by atoms with Crippen molar-refractivity contribution in [3.63, 3.8) is 0 Å². The molecule has 0 saturated heterocycles. The van der Waals surface area contributed by atoms with Crippen LogP contribution in [0.5, 0.6) is 5.75 Å². The van der Waals surface area contributed by atoms with Crippen LogP contribution in [-0.2, 0) is 4.74 Å². The zero-order valence-corrected chi connectivity index (χ0v) is 10.7. The second-order valence-corrected chi connectivity index (χ2v) is 4.13. The summed E-state index contributed by atoms with van der Waals surface area (Å²) in [5.74, 6) is 1.31. The van der Waals surface area contributed by atoms with Crippen LogP contribution in [0.4, 0.5) is 0 Å². The summed E-state index contributed by atoms with van der Waals surface area (Å²) < 4.78 is 15.8. The van der Waals surface area contributed by atoms with Crippen molar-refractivity contribution < 1.29 is 13.9 Å². The van der Waals surface area contributed by atoms with E-state index >= 15 is 0 Å². The predicted octanol–water partition coefficient (Wildman–Crippen LogP) is 2.26. The van der Waals surface area contributed by atoms with E-state index in [1.54, 1.807) is 14.2 Å². The van der Waals surface area contributed by atoms with E-state index < -0.39 is 0 Å². The molecular formula is C13H18N2O3. The van der Waals surface area contributed by atoms with Gasteiger partial charge >= 0.3 is 0 Å². The van der Waals surface area contributed by atoms with E-state index in [-0.39, 0.29) is 6.04 Å². The lowest BCUT2D eigenvalue weighted by molar-refractivity contribution is 0.189. The van der Waals surface area contributed by atoms with Crippen LogP contribution < -0.4 is 10.5 Å². The summed E-state index contributed by atoms with van der Waals surface area (Å²) in [7, 11) is 3.30. The third-order valence-corrected chi connectivity index (χ3v) is 2.79. The minimum Gasteiger partial charge on any atom is -0.497 e. The number of nitrogens with zero attached hydrogens (tertiary/aromatic N) is 1. The summed E-state index contributed by atoms with van der Waals surface area (Å²) in [4.78, 5) is 4.38. The smallest absolute Gasteiger partial charge is 0.212 e. The molecule has 0 aliphatic heterocycles. The van der Waals surface area contributed by atoms with E-state index in [2.05, 4.69) is 4.98 Å². The lowest BCUT2D eigenvalue weighted by Gasteiger charge is -2.05. The minimum atomic E-state index is -0.196. The van der Waals surface area contributed by atoms with Crippen LogP contribution in [0.15, 0.2) is 22.6 Å². The van der Waals surface area contributed by atoms with Gasteiger partial charge in [0.2, 0.25) is 5.89 Å². The standard InChI is InChI=1S/C13H18N2O3/c1-16-7-3-4-10(14)13-15-11-6-5-9(17-2)8-12(11)18-13/h5-6,8,10H,3-4,7,14H2,1-2H3. The first-order chi connectivity index (χ1) is 8.74. The maximum absolute atomic E-state index is 6.03. The first kappa shape index (κ1) is 12.9. The number of ether oxygens (including phenoxy) is 2. The molecule has 1 atom stereocenters. The van der Waals surface area contributed by atoms with Crippen molar-refractivity contribution in [3.05, 3.63) is 24.1 Å². The summed E-state index contributed by atoms with van der Waals surface area (Å²) in [5.41, 5.74) is 7.53. The Balaban J connectivity index is 2.13. The largest absolute Gasteiger partial charge is 0.497 e. The molecule has 1 aromatic carbocycles. The van der Waals surface area contributed by atoms with Gasteiger partial charge in [-0.1, -0.05) is 0 Å². The molecule has 98 valence electrons. The van der Waals surface area contributed by atoms with Crippen LogP contribution in [0.25, 0.3) is 11.1 Å². The fourth-order valence-electron chi connectivity index (χ4n) is 1.78. The Hall–Kier alpha value is -1.59. The van der Waals surface area contributed by atoms with Crippen LogP contribution in [0.3, 0.4) is 0 Å². The molecule has 0 fully saturated rings. The summed E-state index contributed by atoms with van der Waals surface area (Å²) in [6.07, 6.45) is 1.68. The second kappa shape index (κ2) is 5.84. The SMILES string of the molecule is COCCCC(N)c1nc2ccc(OC)cc2o1. The van der Waals surface area contributed by atoms with Crippen molar-refractivity contribution in [2.24, 2.45) is 5.73 Å². The Morgan fingerprint density at radius 2 is 2.22 bits per heavy atom. The monoisotopic (exact) mass is 250 g/mol. The zero-order chi connectivity index (χ0) is 13.0. The molecule has 0 amide bonds. The number of methoxy groups -OCH3 is 2. The van der Waals surface area contributed by atoms with Gasteiger partial charge in [0, 0.05) is 19.8 Å². The fraction of sp³-hybridized carbons (Fsp3) is 0.462. The third kappa shape index (κ3) is 2.80. The Labute approximate surface area is 106 Å². The van der Waals surface area contributed by atoms with Crippen molar-refractivity contribution in [2.45, 2.75) is 18.9 Å². The molecule has 1 heterocycles. The van der Waals surface area contributed by atoms with E-state index in [9.17, 15) is 0 Å². The highest BCUT2D eigenvalue weighted by Gasteiger charge is 2.14. The van der Waals surface area contributed by atoms with Crippen LogP contribution in [0.2, 0.25) is 0 Å². The molecule has 2 aromatic rings. The molecule has 0 aliphatic rings. The lowest BCUT2D eigenvalue weighted by atomic mass is 10.2. The van der Waals surface area contributed by atoms with Gasteiger partial charge in [0.15, 0.2) is 5.58 Å². The molecule has 0 radical (unpaired) electrons. The average molecular weight is 250 g/mol. The first-order valence-corrected chi connectivity index (χ1v) is 5.93. The molecular weight excluding hydrogens is 232 g/mol. The number of rotatable bonds is 6. The number of hydrogen-bond acceptors (Lipinski definition) is 5. The molecule has 0 bridgehead atoms. The molecule has 0 spiro atoms. The maximum Gasteiger partial charge on any atom is 0.212 e. The van der Waals surface area contributed by atoms with E-state index in [1.807, 2.05) is 18.2 Å². The van der Waals surface area contributed by atoms with Crippen LogP contribution >= 0.6 is 0 Å². The molecule has 1 aromatic heterocycles. The molecule has 2 N–H and O–H groups in total. The van der Waals surface area contributed by atoms with Crippen molar-refractivity contribution in [1.29, 1.82) is 0 Å². The Kier molecular flexibility index (Phi) is 4.17. The third-order valence-electron chi connectivity index (χ3n) is 2.79.